The second kappa shape index (κ2) is 7.30. The molecule has 1 atom stereocenters. The Morgan fingerprint density at radius 2 is 1.90 bits per heavy atom. The van der Waals surface area contributed by atoms with Gasteiger partial charge < -0.3 is 14.7 Å². The van der Waals surface area contributed by atoms with Crippen LogP contribution in [0.4, 0.5) is 8.78 Å². The van der Waals surface area contributed by atoms with Gasteiger partial charge in [0.15, 0.2) is 9.84 Å². The van der Waals surface area contributed by atoms with E-state index < -0.39 is 21.5 Å². The fourth-order valence-corrected chi connectivity index (χ4v) is 5.04. The number of nitrogens with one attached hydrogen (secondary N) is 1. The van der Waals surface area contributed by atoms with Gasteiger partial charge in [0.2, 0.25) is 7.98 Å². The van der Waals surface area contributed by atoms with Crippen molar-refractivity contribution in [2.75, 3.05) is 19.3 Å². The van der Waals surface area contributed by atoms with E-state index in [4.69, 9.17) is 7.98 Å². The molecule has 2 radical (unpaired) electrons. The van der Waals surface area contributed by atoms with Gasteiger partial charge in [-0.3, -0.25) is 0 Å². The molecule has 1 unspecified atom stereocenters. The average molecular weight is 429 g/mol. The van der Waals surface area contributed by atoms with Crippen molar-refractivity contribution in [2.45, 2.75) is 26.3 Å². The van der Waals surface area contributed by atoms with E-state index in [1.165, 1.54) is 28.9 Å². The summed E-state index contributed by atoms with van der Waals surface area (Å²) in [5.41, 5.74) is 3.77. The molecule has 1 aromatic heterocycles. The molecule has 5 nitrogen and oxygen atoms in total. The fraction of sp³-hybridized carbons (Fsp3) is 0.333. The highest BCUT2D eigenvalue weighted by Gasteiger charge is 2.31. The van der Waals surface area contributed by atoms with Crippen molar-refractivity contribution in [1.82, 2.24) is 14.7 Å². The van der Waals surface area contributed by atoms with E-state index in [0.717, 1.165) is 22.5 Å². The predicted octanol–water partition coefficient (Wildman–Crippen LogP) is 3.05. The van der Waals surface area contributed by atoms with Gasteiger partial charge in [-0.1, -0.05) is 6.07 Å². The Bertz CT molecular complexity index is 1180. The van der Waals surface area contributed by atoms with Gasteiger partial charge in [0.25, 0.3) is 0 Å². The maximum absolute atomic E-state index is 14.3. The van der Waals surface area contributed by atoms with E-state index in [1.807, 2.05) is 13.8 Å². The third kappa shape index (κ3) is 3.35. The summed E-state index contributed by atoms with van der Waals surface area (Å²) in [6, 6.07) is 5.41. The van der Waals surface area contributed by atoms with Crippen LogP contribution in [0.2, 0.25) is 0 Å². The number of aromatic nitrogens is 1. The number of fused-ring (bicyclic) bond motifs is 1. The molecule has 2 aliphatic heterocycles. The maximum atomic E-state index is 14.3. The summed E-state index contributed by atoms with van der Waals surface area (Å²) >= 11 is 0. The largest absolute Gasteiger partial charge is 0.400 e. The molecule has 1 N–H and O–H groups in total. The first kappa shape index (κ1) is 20.7. The lowest BCUT2D eigenvalue weighted by Crippen LogP contribution is -2.39. The second-order valence-electron chi connectivity index (χ2n) is 7.78. The Hall–Kier alpha value is -2.55. The number of nitrogens with zero attached hydrogens (tertiary/aromatic N) is 2. The first-order chi connectivity index (χ1) is 14.1. The van der Waals surface area contributed by atoms with Crippen LogP contribution in [0.25, 0.3) is 11.3 Å². The van der Waals surface area contributed by atoms with Crippen LogP contribution >= 0.6 is 0 Å². The lowest BCUT2D eigenvalue weighted by atomic mass is 9.97. The van der Waals surface area contributed by atoms with Gasteiger partial charge in [0, 0.05) is 36.3 Å². The van der Waals surface area contributed by atoms with Crippen LogP contribution in [0.1, 0.15) is 31.1 Å². The SMILES string of the molecule is [B]n1c(-c2c(F)cccc2F)cc2c1CCN(C1=C(C)C=C(S(C)(=O)=O)NC1)C2C. The summed E-state index contributed by atoms with van der Waals surface area (Å²) in [4.78, 5) is 2.18. The smallest absolute Gasteiger partial charge is 0.234 e. The molecule has 2 aliphatic rings. The quantitative estimate of drug-likeness (QED) is 0.763. The van der Waals surface area contributed by atoms with Crippen LogP contribution in [-0.4, -0.2) is 45.1 Å². The van der Waals surface area contributed by atoms with Crippen molar-refractivity contribution in [3.63, 3.8) is 0 Å². The summed E-state index contributed by atoms with van der Waals surface area (Å²) in [6.07, 6.45) is 3.42. The Morgan fingerprint density at radius 1 is 1.23 bits per heavy atom. The highest BCUT2D eigenvalue weighted by atomic mass is 32.2. The fourth-order valence-electron chi connectivity index (χ4n) is 4.31. The molecule has 4 rings (SSSR count). The van der Waals surface area contributed by atoms with E-state index in [9.17, 15) is 17.2 Å². The zero-order valence-electron chi connectivity index (χ0n) is 17.0. The van der Waals surface area contributed by atoms with Crippen molar-refractivity contribution in [2.24, 2.45) is 0 Å². The summed E-state index contributed by atoms with van der Waals surface area (Å²) in [6.45, 7) is 4.95. The molecule has 3 heterocycles. The number of sulfone groups is 1. The minimum Gasteiger partial charge on any atom is -0.400 e. The molecule has 0 spiro atoms. The molecule has 0 amide bonds. The van der Waals surface area contributed by atoms with Crippen LogP contribution in [0.15, 0.2) is 46.6 Å². The number of benzene rings is 1. The first-order valence-corrected chi connectivity index (χ1v) is 11.5. The first-order valence-electron chi connectivity index (χ1n) is 9.65. The number of hydrogen-bond donors (Lipinski definition) is 1. The Labute approximate surface area is 176 Å². The number of halogens is 2. The van der Waals surface area contributed by atoms with Gasteiger partial charge >= 0.3 is 0 Å². The zero-order chi connectivity index (χ0) is 21.8. The van der Waals surface area contributed by atoms with Crippen molar-refractivity contribution in [1.29, 1.82) is 0 Å². The number of allylic oxidation sites excluding steroid dienone is 2. The molecule has 0 bridgehead atoms. The maximum Gasteiger partial charge on any atom is 0.234 e. The predicted molar refractivity (Wildman–Crippen MR) is 113 cm³/mol. The van der Waals surface area contributed by atoms with Gasteiger partial charge in [0.05, 0.1) is 18.2 Å². The zero-order valence-corrected chi connectivity index (χ0v) is 17.9. The lowest BCUT2D eigenvalue weighted by Gasteiger charge is -2.39. The van der Waals surface area contributed by atoms with Crippen molar-refractivity contribution >= 4 is 17.8 Å². The Morgan fingerprint density at radius 3 is 2.50 bits per heavy atom. The molecule has 30 heavy (non-hydrogen) atoms. The minimum absolute atomic E-state index is 0.0907. The molecule has 0 fully saturated rings. The standard InChI is InChI=1S/C21H22BF2N3O2S/c1-12-9-20(30(3,28)29)25-11-19(12)26-8-7-17-14(13(26)2)10-18(27(17)22)21-15(23)5-4-6-16(21)24/h4-6,9-10,13,25H,7-8,11H2,1-3H3. The number of dihydropyridines is 1. The van der Waals surface area contributed by atoms with E-state index in [0.29, 0.717) is 25.2 Å². The van der Waals surface area contributed by atoms with Crippen molar-refractivity contribution in [3.8, 4) is 11.3 Å². The Kier molecular flexibility index (Phi) is 5.04. The number of hydrogen-bond acceptors (Lipinski definition) is 4. The van der Waals surface area contributed by atoms with Gasteiger partial charge in [-0.2, -0.15) is 0 Å². The summed E-state index contributed by atoms with van der Waals surface area (Å²) in [7, 11) is 2.93. The van der Waals surface area contributed by atoms with Crippen molar-refractivity contribution in [3.05, 3.63) is 69.5 Å². The van der Waals surface area contributed by atoms with Gasteiger partial charge in [-0.15, -0.1) is 0 Å². The average Bonchev–Trinajstić information content (AvgIpc) is 2.99. The third-order valence-corrected chi connectivity index (χ3v) is 6.94. The van der Waals surface area contributed by atoms with Crippen LogP contribution in [0.5, 0.6) is 0 Å². The normalized spacial score (nSPS) is 19.4. The summed E-state index contributed by atoms with van der Waals surface area (Å²) in [5, 5.41) is 3.19. The molecule has 9 heteroatoms. The highest BCUT2D eigenvalue weighted by Crippen LogP contribution is 2.39. The van der Waals surface area contributed by atoms with Crippen molar-refractivity contribution < 1.29 is 17.2 Å². The highest BCUT2D eigenvalue weighted by molar-refractivity contribution is 7.94. The van der Waals surface area contributed by atoms with E-state index in [1.54, 1.807) is 12.1 Å². The molecule has 2 aromatic rings. The Balaban J connectivity index is 1.74. The van der Waals surface area contributed by atoms with E-state index in [-0.39, 0.29) is 16.6 Å². The minimum atomic E-state index is -3.31. The molecule has 0 saturated carbocycles. The second-order valence-corrected chi connectivity index (χ2v) is 9.77. The molecular weight excluding hydrogens is 407 g/mol. The number of rotatable bonds is 3. The molecular formula is C21H22BF2N3O2S. The summed E-state index contributed by atoms with van der Waals surface area (Å²) in [5.74, 6) is -1.32. The van der Waals surface area contributed by atoms with Crippen LogP contribution in [0.3, 0.4) is 0 Å². The third-order valence-electron chi connectivity index (χ3n) is 5.88. The van der Waals surface area contributed by atoms with Gasteiger partial charge in [-0.05, 0) is 49.3 Å². The molecule has 156 valence electrons. The monoisotopic (exact) mass is 429 g/mol. The van der Waals surface area contributed by atoms with Gasteiger partial charge in [0.1, 0.15) is 16.7 Å². The topological polar surface area (TPSA) is 54.3 Å². The molecule has 0 aliphatic carbocycles. The van der Waals surface area contributed by atoms with E-state index >= 15 is 0 Å². The van der Waals surface area contributed by atoms with Crippen LogP contribution in [0, 0.1) is 11.6 Å². The molecule has 0 saturated heterocycles. The van der Waals surface area contributed by atoms with E-state index in [2.05, 4.69) is 10.2 Å². The summed E-state index contributed by atoms with van der Waals surface area (Å²) < 4.78 is 53.7. The van der Waals surface area contributed by atoms with Gasteiger partial charge in [-0.25, -0.2) is 17.2 Å². The lowest BCUT2D eigenvalue weighted by molar-refractivity contribution is 0.247. The van der Waals surface area contributed by atoms with Crippen LogP contribution in [-0.2, 0) is 16.3 Å². The van der Waals surface area contributed by atoms with Crippen LogP contribution < -0.4 is 5.32 Å². The molecule has 1 aromatic carbocycles.